The zero-order chi connectivity index (χ0) is 21.7. The number of halogens is 1. The minimum atomic E-state index is -0.188. The number of carbonyl (C=O) groups excluding carboxylic acids is 3. The van der Waals surface area contributed by atoms with Crippen molar-refractivity contribution in [2.24, 2.45) is 0 Å². The molecule has 1 saturated heterocycles. The number of benzene rings is 2. The monoisotopic (exact) mass is 474 g/mol. The lowest BCUT2D eigenvalue weighted by molar-refractivity contribution is -0.139. The molecule has 158 valence electrons. The van der Waals surface area contributed by atoms with Crippen molar-refractivity contribution in [2.75, 3.05) is 20.8 Å². The molecule has 0 radical (unpaired) electrons. The second kappa shape index (κ2) is 9.75. The van der Waals surface area contributed by atoms with Gasteiger partial charge in [-0.1, -0.05) is 28.1 Å². The predicted molar refractivity (Wildman–Crippen MR) is 115 cm³/mol. The van der Waals surface area contributed by atoms with Crippen LogP contribution < -0.4 is 14.8 Å². The van der Waals surface area contributed by atoms with Gasteiger partial charge in [-0.15, -0.1) is 0 Å². The first-order valence-corrected chi connectivity index (χ1v) is 10.3. The standard InChI is InChI=1S/C22H23BrN2O5/c1-29-18-11-16(17(23)12-19(18)30-2)9-10-24-22(28)15-5-3-14(4-6-15)13-25-20(26)7-8-21(25)27/h3-6,11-12H,7-10,13H2,1-2H3,(H,24,28). The molecule has 30 heavy (non-hydrogen) atoms. The highest BCUT2D eigenvalue weighted by molar-refractivity contribution is 9.10. The quantitative estimate of drug-likeness (QED) is 0.594. The van der Waals surface area contributed by atoms with Gasteiger partial charge < -0.3 is 14.8 Å². The van der Waals surface area contributed by atoms with Crippen molar-refractivity contribution < 1.29 is 23.9 Å². The summed E-state index contributed by atoms with van der Waals surface area (Å²) in [7, 11) is 3.16. The molecule has 0 unspecified atom stereocenters. The number of amides is 3. The molecular formula is C22H23BrN2O5. The van der Waals surface area contributed by atoms with Crippen molar-refractivity contribution in [3.05, 3.63) is 57.6 Å². The average molecular weight is 475 g/mol. The summed E-state index contributed by atoms with van der Waals surface area (Å²) >= 11 is 3.52. The number of nitrogens with one attached hydrogen (secondary N) is 1. The molecular weight excluding hydrogens is 452 g/mol. The number of carbonyl (C=O) groups is 3. The van der Waals surface area contributed by atoms with Crippen LogP contribution in [-0.4, -0.2) is 43.4 Å². The summed E-state index contributed by atoms with van der Waals surface area (Å²) in [6.45, 7) is 0.693. The number of nitrogens with zero attached hydrogens (tertiary/aromatic N) is 1. The third kappa shape index (κ3) is 4.99. The summed E-state index contributed by atoms with van der Waals surface area (Å²) in [5.41, 5.74) is 2.32. The molecule has 0 saturated carbocycles. The lowest BCUT2D eigenvalue weighted by Gasteiger charge is -2.14. The van der Waals surface area contributed by atoms with Crippen LogP contribution in [0.3, 0.4) is 0 Å². The molecule has 3 rings (SSSR count). The molecule has 1 N–H and O–H groups in total. The Hall–Kier alpha value is -2.87. The van der Waals surface area contributed by atoms with Gasteiger partial charge in [0.2, 0.25) is 11.8 Å². The third-order valence-corrected chi connectivity index (χ3v) is 5.68. The number of imide groups is 1. The minimum Gasteiger partial charge on any atom is -0.493 e. The molecule has 0 aliphatic carbocycles. The lowest BCUT2D eigenvalue weighted by Crippen LogP contribution is -2.28. The Kier molecular flexibility index (Phi) is 7.10. The maximum atomic E-state index is 12.4. The highest BCUT2D eigenvalue weighted by Crippen LogP contribution is 2.33. The van der Waals surface area contributed by atoms with Crippen molar-refractivity contribution in [1.82, 2.24) is 10.2 Å². The molecule has 1 aliphatic heterocycles. The summed E-state index contributed by atoms with van der Waals surface area (Å²) in [5.74, 6) is 0.778. The van der Waals surface area contributed by atoms with Crippen molar-refractivity contribution in [3.63, 3.8) is 0 Å². The van der Waals surface area contributed by atoms with E-state index >= 15 is 0 Å². The first-order valence-electron chi connectivity index (χ1n) is 9.53. The van der Waals surface area contributed by atoms with E-state index in [1.807, 2.05) is 12.1 Å². The number of methoxy groups -OCH3 is 2. The molecule has 0 spiro atoms. The second-order valence-corrected chi connectivity index (χ2v) is 7.73. The van der Waals surface area contributed by atoms with Crippen LogP contribution in [0.5, 0.6) is 11.5 Å². The van der Waals surface area contributed by atoms with Gasteiger partial charge in [0.25, 0.3) is 5.91 Å². The SMILES string of the molecule is COc1cc(Br)c(CCNC(=O)c2ccc(CN3C(=O)CCC3=O)cc2)cc1OC. The Bertz CT molecular complexity index is 943. The molecule has 1 heterocycles. The van der Waals surface area contributed by atoms with Crippen LogP contribution in [0.15, 0.2) is 40.9 Å². The fraction of sp³-hybridized carbons (Fsp3) is 0.318. The zero-order valence-corrected chi connectivity index (χ0v) is 18.5. The zero-order valence-electron chi connectivity index (χ0n) is 16.9. The fourth-order valence-electron chi connectivity index (χ4n) is 3.24. The van der Waals surface area contributed by atoms with Gasteiger partial charge in [-0.05, 0) is 41.8 Å². The topological polar surface area (TPSA) is 84.9 Å². The van der Waals surface area contributed by atoms with Crippen LogP contribution in [0.2, 0.25) is 0 Å². The molecule has 0 bridgehead atoms. The molecule has 0 aromatic heterocycles. The molecule has 7 nitrogen and oxygen atoms in total. The summed E-state index contributed by atoms with van der Waals surface area (Å²) in [6.07, 6.45) is 1.16. The van der Waals surface area contributed by atoms with Crippen LogP contribution in [0.25, 0.3) is 0 Å². The predicted octanol–water partition coefficient (Wildman–Crippen LogP) is 3.09. The van der Waals surface area contributed by atoms with E-state index in [1.54, 1.807) is 38.5 Å². The van der Waals surface area contributed by atoms with Crippen LogP contribution in [0.4, 0.5) is 0 Å². The summed E-state index contributed by atoms with van der Waals surface area (Å²) in [6, 6.07) is 10.6. The van der Waals surface area contributed by atoms with Gasteiger partial charge in [-0.25, -0.2) is 0 Å². The van der Waals surface area contributed by atoms with E-state index in [4.69, 9.17) is 9.47 Å². The first kappa shape index (κ1) is 21.8. The van der Waals surface area contributed by atoms with Gasteiger partial charge in [-0.2, -0.15) is 0 Å². The van der Waals surface area contributed by atoms with E-state index in [-0.39, 0.29) is 37.1 Å². The number of hydrogen-bond acceptors (Lipinski definition) is 5. The van der Waals surface area contributed by atoms with Gasteiger partial charge >= 0.3 is 0 Å². The molecule has 0 atom stereocenters. The smallest absolute Gasteiger partial charge is 0.251 e. The largest absolute Gasteiger partial charge is 0.493 e. The molecule has 1 aliphatic rings. The van der Waals surface area contributed by atoms with E-state index in [0.717, 1.165) is 15.6 Å². The highest BCUT2D eigenvalue weighted by atomic mass is 79.9. The van der Waals surface area contributed by atoms with E-state index in [9.17, 15) is 14.4 Å². The molecule has 2 aromatic carbocycles. The average Bonchev–Trinajstić information content (AvgIpc) is 3.07. The Morgan fingerprint density at radius 1 is 1.03 bits per heavy atom. The Morgan fingerprint density at radius 2 is 1.63 bits per heavy atom. The van der Waals surface area contributed by atoms with Crippen molar-refractivity contribution in [1.29, 1.82) is 0 Å². The number of likely N-dealkylation sites (tertiary alicyclic amines) is 1. The van der Waals surface area contributed by atoms with Gasteiger partial charge in [0.1, 0.15) is 0 Å². The van der Waals surface area contributed by atoms with Crippen LogP contribution in [-0.2, 0) is 22.6 Å². The van der Waals surface area contributed by atoms with E-state index < -0.39 is 0 Å². The van der Waals surface area contributed by atoms with E-state index in [0.29, 0.717) is 30.0 Å². The van der Waals surface area contributed by atoms with Crippen LogP contribution >= 0.6 is 15.9 Å². The summed E-state index contributed by atoms with van der Waals surface area (Å²) < 4.78 is 11.5. The normalized spacial score (nSPS) is 13.5. The van der Waals surface area contributed by atoms with Gasteiger partial charge in [0.05, 0.1) is 20.8 Å². The van der Waals surface area contributed by atoms with Crippen molar-refractivity contribution >= 4 is 33.7 Å². The molecule has 1 fully saturated rings. The van der Waals surface area contributed by atoms with Crippen LogP contribution in [0.1, 0.15) is 34.3 Å². The minimum absolute atomic E-state index is 0.150. The Labute approximate surface area is 183 Å². The van der Waals surface area contributed by atoms with Gasteiger partial charge in [0, 0.05) is 29.4 Å². The molecule has 2 aromatic rings. The first-order chi connectivity index (χ1) is 14.4. The lowest BCUT2D eigenvalue weighted by atomic mass is 10.1. The summed E-state index contributed by atoms with van der Waals surface area (Å²) in [5, 5.41) is 2.90. The van der Waals surface area contributed by atoms with E-state index in [2.05, 4.69) is 21.2 Å². The maximum absolute atomic E-state index is 12.4. The van der Waals surface area contributed by atoms with Gasteiger partial charge in [0.15, 0.2) is 11.5 Å². The Balaban J connectivity index is 1.55. The second-order valence-electron chi connectivity index (χ2n) is 6.88. The van der Waals surface area contributed by atoms with Gasteiger partial charge in [-0.3, -0.25) is 19.3 Å². The fourth-order valence-corrected chi connectivity index (χ4v) is 3.76. The van der Waals surface area contributed by atoms with Crippen LogP contribution in [0, 0.1) is 0 Å². The number of ether oxygens (including phenoxy) is 2. The highest BCUT2D eigenvalue weighted by Gasteiger charge is 2.28. The molecule has 8 heteroatoms. The maximum Gasteiger partial charge on any atom is 0.251 e. The number of rotatable bonds is 8. The number of hydrogen-bond donors (Lipinski definition) is 1. The van der Waals surface area contributed by atoms with Crippen molar-refractivity contribution in [2.45, 2.75) is 25.8 Å². The third-order valence-electron chi connectivity index (χ3n) is 4.94. The molecule has 3 amide bonds. The summed E-state index contributed by atoms with van der Waals surface area (Å²) in [4.78, 5) is 37.1. The van der Waals surface area contributed by atoms with Crippen molar-refractivity contribution in [3.8, 4) is 11.5 Å². The van der Waals surface area contributed by atoms with E-state index in [1.165, 1.54) is 4.90 Å². The Morgan fingerprint density at radius 3 is 2.23 bits per heavy atom.